The van der Waals surface area contributed by atoms with Crippen LogP contribution in [0.4, 0.5) is 5.69 Å². The van der Waals surface area contributed by atoms with Crippen molar-refractivity contribution in [1.82, 2.24) is 4.31 Å². The van der Waals surface area contributed by atoms with Crippen LogP contribution < -0.4 is 5.32 Å². The number of nitrogens with zero attached hydrogens (tertiary/aromatic N) is 1. The third-order valence-electron chi connectivity index (χ3n) is 3.48. The molecule has 0 aromatic heterocycles. The van der Waals surface area contributed by atoms with Crippen LogP contribution in [0.25, 0.3) is 0 Å². The van der Waals surface area contributed by atoms with Crippen LogP contribution in [-0.4, -0.2) is 32.7 Å². The molecular formula is C17H20N2O3S. The minimum atomic E-state index is -3.56. The topological polar surface area (TPSA) is 66.5 Å². The average Bonchev–Trinajstić information content (AvgIpc) is 2.48. The number of nitrogens with one attached hydrogen (secondary N) is 1. The second-order valence-electron chi connectivity index (χ2n) is 5.59. The van der Waals surface area contributed by atoms with Gasteiger partial charge in [0.15, 0.2) is 0 Å². The summed E-state index contributed by atoms with van der Waals surface area (Å²) in [6.45, 7) is 3.63. The van der Waals surface area contributed by atoms with Crippen LogP contribution in [-0.2, 0) is 10.0 Å². The molecule has 6 heteroatoms. The van der Waals surface area contributed by atoms with Crippen LogP contribution in [0.5, 0.6) is 0 Å². The first-order valence-electron chi connectivity index (χ1n) is 7.13. The summed E-state index contributed by atoms with van der Waals surface area (Å²) >= 11 is 0. The third-order valence-corrected chi connectivity index (χ3v) is 5.44. The first-order valence-corrected chi connectivity index (χ1v) is 8.57. The lowest BCUT2D eigenvalue weighted by Crippen LogP contribution is -2.23. The number of carbonyl (C=O) groups excluding carboxylic acids is 1. The first kappa shape index (κ1) is 17.2. The predicted molar refractivity (Wildman–Crippen MR) is 91.2 cm³/mol. The van der Waals surface area contributed by atoms with E-state index in [1.807, 2.05) is 13.0 Å². The number of rotatable bonds is 4. The van der Waals surface area contributed by atoms with Crippen LogP contribution in [0, 0.1) is 13.8 Å². The molecule has 0 saturated carbocycles. The SMILES string of the molecule is Cc1cccc(C(=O)Nc2ccc(C)c(S(=O)(=O)N(C)C)c2)c1. The van der Waals surface area contributed by atoms with Crippen molar-refractivity contribution in [2.75, 3.05) is 19.4 Å². The predicted octanol–water partition coefficient (Wildman–Crippen LogP) is 2.81. The number of amides is 1. The highest BCUT2D eigenvalue weighted by atomic mass is 32.2. The van der Waals surface area contributed by atoms with Gasteiger partial charge in [0.1, 0.15) is 0 Å². The van der Waals surface area contributed by atoms with E-state index < -0.39 is 10.0 Å². The molecule has 0 heterocycles. The van der Waals surface area contributed by atoms with E-state index in [-0.39, 0.29) is 10.8 Å². The zero-order valence-electron chi connectivity index (χ0n) is 13.6. The molecule has 5 nitrogen and oxygen atoms in total. The monoisotopic (exact) mass is 332 g/mol. The van der Waals surface area contributed by atoms with Crippen molar-refractivity contribution < 1.29 is 13.2 Å². The molecule has 0 unspecified atom stereocenters. The number of sulfonamides is 1. The van der Waals surface area contributed by atoms with E-state index in [1.165, 1.54) is 20.2 Å². The van der Waals surface area contributed by atoms with Crippen LogP contribution in [0.1, 0.15) is 21.5 Å². The smallest absolute Gasteiger partial charge is 0.255 e. The van der Waals surface area contributed by atoms with E-state index in [1.54, 1.807) is 37.3 Å². The molecule has 2 rings (SSSR count). The van der Waals surface area contributed by atoms with Crippen molar-refractivity contribution in [3.63, 3.8) is 0 Å². The molecule has 0 radical (unpaired) electrons. The Bertz CT molecular complexity index is 843. The highest BCUT2D eigenvalue weighted by Crippen LogP contribution is 2.22. The summed E-state index contributed by atoms with van der Waals surface area (Å²) in [4.78, 5) is 12.5. The van der Waals surface area contributed by atoms with Crippen LogP contribution in [0.15, 0.2) is 47.4 Å². The lowest BCUT2D eigenvalue weighted by molar-refractivity contribution is 0.102. The summed E-state index contributed by atoms with van der Waals surface area (Å²) in [5.74, 6) is -0.272. The molecule has 0 aliphatic rings. The summed E-state index contributed by atoms with van der Waals surface area (Å²) in [5.41, 5.74) is 2.59. The highest BCUT2D eigenvalue weighted by Gasteiger charge is 2.20. The van der Waals surface area contributed by atoms with E-state index in [0.29, 0.717) is 16.8 Å². The minimum Gasteiger partial charge on any atom is -0.322 e. The second kappa shape index (κ2) is 6.52. The molecule has 1 amide bonds. The van der Waals surface area contributed by atoms with E-state index in [0.717, 1.165) is 9.87 Å². The molecular weight excluding hydrogens is 312 g/mol. The lowest BCUT2D eigenvalue weighted by atomic mass is 10.1. The van der Waals surface area contributed by atoms with Crippen molar-refractivity contribution in [3.8, 4) is 0 Å². The van der Waals surface area contributed by atoms with Gasteiger partial charge < -0.3 is 5.32 Å². The Balaban J connectivity index is 2.34. The molecule has 0 saturated heterocycles. The number of anilines is 1. The normalized spacial score (nSPS) is 11.5. The Morgan fingerprint density at radius 2 is 1.74 bits per heavy atom. The third kappa shape index (κ3) is 3.78. The zero-order chi connectivity index (χ0) is 17.2. The minimum absolute atomic E-state index is 0.185. The maximum Gasteiger partial charge on any atom is 0.255 e. The van der Waals surface area contributed by atoms with Gasteiger partial charge in [-0.3, -0.25) is 4.79 Å². The number of benzene rings is 2. The molecule has 1 N–H and O–H groups in total. The Morgan fingerprint density at radius 1 is 1.04 bits per heavy atom. The van der Waals surface area contributed by atoms with Crippen LogP contribution >= 0.6 is 0 Å². The largest absolute Gasteiger partial charge is 0.322 e. The van der Waals surface area contributed by atoms with Gasteiger partial charge in [0.25, 0.3) is 5.91 Å². The lowest BCUT2D eigenvalue weighted by Gasteiger charge is -2.15. The molecule has 0 spiro atoms. The molecule has 0 aliphatic heterocycles. The fraction of sp³-hybridized carbons (Fsp3) is 0.235. The van der Waals surface area contributed by atoms with E-state index in [2.05, 4.69) is 5.32 Å². The van der Waals surface area contributed by atoms with Gasteiger partial charge in [-0.1, -0.05) is 23.8 Å². The molecule has 0 aliphatic carbocycles. The average molecular weight is 332 g/mol. The Hall–Kier alpha value is -2.18. The maximum atomic E-state index is 12.3. The van der Waals surface area contributed by atoms with Gasteiger partial charge in [0.2, 0.25) is 10.0 Å². The Kier molecular flexibility index (Phi) is 4.87. The second-order valence-corrected chi connectivity index (χ2v) is 7.71. The molecule has 0 bridgehead atoms. The molecule has 2 aromatic carbocycles. The molecule has 0 atom stereocenters. The van der Waals surface area contributed by atoms with E-state index in [4.69, 9.17) is 0 Å². The highest BCUT2D eigenvalue weighted by molar-refractivity contribution is 7.89. The number of aryl methyl sites for hydroxylation is 2. The number of hydrogen-bond donors (Lipinski definition) is 1. The van der Waals surface area contributed by atoms with Crippen molar-refractivity contribution in [1.29, 1.82) is 0 Å². The van der Waals surface area contributed by atoms with Crippen molar-refractivity contribution >= 4 is 21.6 Å². The summed E-state index contributed by atoms with van der Waals surface area (Å²) in [6, 6.07) is 12.1. The van der Waals surface area contributed by atoms with Crippen molar-refractivity contribution in [2.24, 2.45) is 0 Å². The maximum absolute atomic E-state index is 12.3. The molecule has 122 valence electrons. The summed E-state index contributed by atoms with van der Waals surface area (Å²) in [7, 11) is -0.597. The number of carbonyl (C=O) groups is 1. The van der Waals surface area contributed by atoms with E-state index in [9.17, 15) is 13.2 Å². The molecule has 2 aromatic rings. The summed E-state index contributed by atoms with van der Waals surface area (Å²) < 4.78 is 25.8. The summed E-state index contributed by atoms with van der Waals surface area (Å²) in [5, 5.41) is 2.74. The molecule has 0 fully saturated rings. The Morgan fingerprint density at radius 3 is 2.35 bits per heavy atom. The Labute approximate surface area is 137 Å². The fourth-order valence-corrected chi connectivity index (χ4v) is 3.29. The van der Waals surface area contributed by atoms with E-state index >= 15 is 0 Å². The summed E-state index contributed by atoms with van der Waals surface area (Å²) in [6.07, 6.45) is 0. The van der Waals surface area contributed by atoms with Gasteiger partial charge in [-0.25, -0.2) is 12.7 Å². The van der Waals surface area contributed by atoms with Gasteiger partial charge >= 0.3 is 0 Å². The standard InChI is InChI=1S/C17H20N2O3S/c1-12-6-5-7-14(10-12)17(20)18-15-9-8-13(2)16(11-15)23(21,22)19(3)4/h5-11H,1-4H3,(H,18,20). The van der Waals surface area contributed by atoms with Gasteiger partial charge in [0.05, 0.1) is 4.90 Å². The van der Waals surface area contributed by atoms with Crippen LogP contribution in [0.3, 0.4) is 0 Å². The zero-order valence-corrected chi connectivity index (χ0v) is 14.4. The van der Waals surface area contributed by atoms with Gasteiger partial charge in [-0.05, 0) is 43.7 Å². The first-order chi connectivity index (χ1) is 10.7. The van der Waals surface area contributed by atoms with Gasteiger partial charge in [-0.2, -0.15) is 0 Å². The van der Waals surface area contributed by atoms with Crippen molar-refractivity contribution in [3.05, 3.63) is 59.2 Å². The van der Waals surface area contributed by atoms with Crippen LogP contribution in [0.2, 0.25) is 0 Å². The quantitative estimate of drug-likeness (QED) is 0.936. The van der Waals surface area contributed by atoms with Crippen molar-refractivity contribution in [2.45, 2.75) is 18.7 Å². The molecule has 23 heavy (non-hydrogen) atoms. The fourth-order valence-electron chi connectivity index (χ4n) is 2.14. The number of hydrogen-bond acceptors (Lipinski definition) is 3. The van der Waals surface area contributed by atoms with Gasteiger partial charge in [-0.15, -0.1) is 0 Å². The van der Waals surface area contributed by atoms with Gasteiger partial charge in [0, 0.05) is 25.3 Å².